The van der Waals surface area contributed by atoms with Crippen LogP contribution < -0.4 is 4.90 Å². The van der Waals surface area contributed by atoms with Crippen LogP contribution in [0.2, 0.25) is 4.47 Å². The van der Waals surface area contributed by atoms with Gasteiger partial charge < -0.3 is 4.90 Å². The molecule has 0 bridgehead atoms. The van der Waals surface area contributed by atoms with Gasteiger partial charge in [-0.1, -0.05) is 11.6 Å². The summed E-state index contributed by atoms with van der Waals surface area (Å²) in [6, 6.07) is 1.71. The predicted octanol–water partition coefficient (Wildman–Crippen LogP) is 3.35. The lowest BCUT2D eigenvalue weighted by atomic mass is 10.2. The number of aromatic nitrogens is 2. The summed E-state index contributed by atoms with van der Waals surface area (Å²) in [7, 11) is 1.77. The molecule has 8 heteroatoms. The van der Waals surface area contributed by atoms with Crippen LogP contribution in [0.5, 0.6) is 0 Å². The number of aryl methyl sites for hydroxylation is 2. The molecule has 0 radical (unpaired) electrons. The molecule has 0 atom stereocenters. The Morgan fingerprint density at radius 3 is 2.75 bits per heavy atom. The first kappa shape index (κ1) is 14.7. The molecule has 0 unspecified atom stereocenters. The molecule has 2 heterocycles. The van der Waals surface area contributed by atoms with E-state index in [1.165, 1.54) is 11.3 Å². The third-order valence-corrected chi connectivity index (χ3v) is 3.86. The quantitative estimate of drug-likeness (QED) is 0.639. The number of rotatable bonds is 4. The second-order valence-corrected chi connectivity index (χ2v) is 6.14. The second kappa shape index (κ2) is 5.72. The van der Waals surface area contributed by atoms with Crippen molar-refractivity contribution in [3.05, 3.63) is 43.0 Å². The monoisotopic (exact) mass is 312 g/mol. The Morgan fingerprint density at radius 2 is 2.20 bits per heavy atom. The van der Waals surface area contributed by atoms with Gasteiger partial charge in [0.25, 0.3) is 0 Å². The number of nitrogens with zero attached hydrogens (tertiary/aromatic N) is 4. The first-order chi connectivity index (χ1) is 9.38. The molecule has 2 aromatic rings. The van der Waals surface area contributed by atoms with Crippen LogP contribution in [0.4, 0.5) is 11.5 Å². The highest BCUT2D eigenvalue weighted by Gasteiger charge is 2.23. The van der Waals surface area contributed by atoms with Gasteiger partial charge >= 0.3 is 5.69 Å². The molecular formula is C12H13ClN4O2S. The number of halogens is 1. The smallest absolute Gasteiger partial charge is 0.314 e. The Bertz CT molecular complexity index is 659. The van der Waals surface area contributed by atoms with Gasteiger partial charge in [-0.05, 0) is 19.9 Å². The van der Waals surface area contributed by atoms with Gasteiger partial charge in [0.15, 0.2) is 4.47 Å². The first-order valence-corrected chi connectivity index (χ1v) is 7.02. The largest absolute Gasteiger partial charge is 0.349 e. The van der Waals surface area contributed by atoms with Crippen molar-refractivity contribution in [3.8, 4) is 0 Å². The van der Waals surface area contributed by atoms with Gasteiger partial charge in [-0.25, -0.2) is 9.97 Å². The molecule has 20 heavy (non-hydrogen) atoms. The Labute approximate surface area is 125 Å². The fraction of sp³-hybridized carbons (Fsp3) is 0.333. The van der Waals surface area contributed by atoms with E-state index in [2.05, 4.69) is 9.97 Å². The Hall–Kier alpha value is -1.73. The summed E-state index contributed by atoms with van der Waals surface area (Å²) in [5.74, 6) is 0.358. The normalized spacial score (nSPS) is 10.6. The maximum Gasteiger partial charge on any atom is 0.314 e. The standard InChI is InChI=1S/C12H13ClN4O2S/c1-7-4-8(2)15-11(10(7)17(18)19)16(3)6-9-5-14-12(13)20-9/h4-5H,6H2,1-3H3. The van der Waals surface area contributed by atoms with E-state index in [-0.39, 0.29) is 5.69 Å². The summed E-state index contributed by atoms with van der Waals surface area (Å²) in [5.41, 5.74) is 1.39. The van der Waals surface area contributed by atoms with Gasteiger partial charge in [0.05, 0.1) is 11.5 Å². The molecule has 0 amide bonds. The second-order valence-electron chi connectivity index (χ2n) is 4.45. The molecule has 0 aliphatic rings. The van der Waals surface area contributed by atoms with E-state index < -0.39 is 4.92 Å². The van der Waals surface area contributed by atoms with Gasteiger partial charge in [-0.2, -0.15) is 0 Å². The lowest BCUT2D eigenvalue weighted by Gasteiger charge is -2.18. The minimum Gasteiger partial charge on any atom is -0.349 e. The van der Waals surface area contributed by atoms with E-state index in [0.717, 1.165) is 10.6 Å². The molecule has 0 N–H and O–H groups in total. The average molecular weight is 313 g/mol. The molecule has 6 nitrogen and oxygen atoms in total. The molecule has 106 valence electrons. The summed E-state index contributed by atoms with van der Waals surface area (Å²) in [6.45, 7) is 4.01. The minimum atomic E-state index is -0.396. The molecule has 2 rings (SSSR count). The van der Waals surface area contributed by atoms with Crippen molar-refractivity contribution in [1.29, 1.82) is 0 Å². The van der Waals surface area contributed by atoms with Crippen molar-refractivity contribution in [3.63, 3.8) is 0 Å². The van der Waals surface area contributed by atoms with E-state index in [0.29, 0.717) is 22.4 Å². The van der Waals surface area contributed by atoms with Gasteiger partial charge in [0, 0.05) is 29.4 Å². The molecule has 0 spiro atoms. The van der Waals surface area contributed by atoms with E-state index in [4.69, 9.17) is 11.6 Å². The zero-order valence-corrected chi connectivity index (χ0v) is 12.8. The van der Waals surface area contributed by atoms with Crippen molar-refractivity contribution >= 4 is 34.4 Å². The zero-order chi connectivity index (χ0) is 14.9. The van der Waals surface area contributed by atoms with Gasteiger partial charge in [-0.15, -0.1) is 11.3 Å². The number of pyridine rings is 1. The fourth-order valence-corrected chi connectivity index (χ4v) is 3.00. The molecule has 0 fully saturated rings. The van der Waals surface area contributed by atoms with E-state index in [1.807, 2.05) is 6.92 Å². The summed E-state index contributed by atoms with van der Waals surface area (Å²) >= 11 is 7.14. The van der Waals surface area contributed by atoms with Crippen LogP contribution in [0, 0.1) is 24.0 Å². The minimum absolute atomic E-state index is 0.0358. The van der Waals surface area contributed by atoms with Crippen LogP contribution in [-0.2, 0) is 6.54 Å². The Kier molecular flexibility index (Phi) is 4.20. The van der Waals surface area contributed by atoms with Crippen LogP contribution in [0.3, 0.4) is 0 Å². The topological polar surface area (TPSA) is 72.2 Å². The molecule has 0 saturated carbocycles. The third-order valence-electron chi connectivity index (χ3n) is 2.76. The van der Waals surface area contributed by atoms with Gasteiger partial charge in [0.2, 0.25) is 5.82 Å². The van der Waals surface area contributed by atoms with Gasteiger partial charge in [0.1, 0.15) is 0 Å². The van der Waals surface area contributed by atoms with Crippen LogP contribution in [-0.4, -0.2) is 21.9 Å². The van der Waals surface area contributed by atoms with Crippen molar-refractivity contribution in [2.75, 3.05) is 11.9 Å². The highest BCUT2D eigenvalue weighted by atomic mass is 35.5. The van der Waals surface area contributed by atoms with Crippen molar-refractivity contribution in [2.45, 2.75) is 20.4 Å². The third kappa shape index (κ3) is 3.05. The molecule has 0 saturated heterocycles. The summed E-state index contributed by atoms with van der Waals surface area (Å²) in [5, 5.41) is 11.2. The van der Waals surface area contributed by atoms with Crippen molar-refractivity contribution in [1.82, 2.24) is 9.97 Å². The molecular weight excluding hydrogens is 300 g/mol. The number of nitro groups is 1. The van der Waals surface area contributed by atoms with Crippen molar-refractivity contribution < 1.29 is 4.92 Å². The van der Waals surface area contributed by atoms with Crippen LogP contribution in [0.1, 0.15) is 16.1 Å². The maximum absolute atomic E-state index is 11.2. The highest BCUT2D eigenvalue weighted by Crippen LogP contribution is 2.31. The number of anilines is 1. The van der Waals surface area contributed by atoms with E-state index in [9.17, 15) is 10.1 Å². The van der Waals surface area contributed by atoms with E-state index >= 15 is 0 Å². The average Bonchev–Trinajstić information content (AvgIpc) is 2.72. The molecule has 0 aromatic carbocycles. The van der Waals surface area contributed by atoms with Crippen LogP contribution in [0.15, 0.2) is 12.3 Å². The molecule has 0 aliphatic heterocycles. The lowest BCUT2D eigenvalue weighted by molar-refractivity contribution is -0.384. The molecule has 2 aromatic heterocycles. The predicted molar refractivity (Wildman–Crippen MR) is 79.6 cm³/mol. The number of hydrogen-bond donors (Lipinski definition) is 0. The van der Waals surface area contributed by atoms with Crippen LogP contribution >= 0.6 is 22.9 Å². The highest BCUT2D eigenvalue weighted by molar-refractivity contribution is 7.15. The first-order valence-electron chi connectivity index (χ1n) is 5.82. The molecule has 0 aliphatic carbocycles. The number of hydrogen-bond acceptors (Lipinski definition) is 6. The SMILES string of the molecule is Cc1cc(C)c([N+](=O)[O-])c(N(C)Cc2cnc(Cl)s2)n1. The van der Waals surface area contributed by atoms with Crippen LogP contribution in [0.25, 0.3) is 0 Å². The lowest BCUT2D eigenvalue weighted by Crippen LogP contribution is -2.19. The Balaban J connectivity index is 2.38. The number of thiazole rings is 1. The van der Waals surface area contributed by atoms with Gasteiger partial charge in [-0.3, -0.25) is 10.1 Å². The fourth-order valence-electron chi connectivity index (χ4n) is 1.97. The summed E-state index contributed by atoms with van der Waals surface area (Å²) < 4.78 is 0.455. The summed E-state index contributed by atoms with van der Waals surface area (Å²) in [6.07, 6.45) is 1.66. The van der Waals surface area contributed by atoms with Crippen molar-refractivity contribution in [2.24, 2.45) is 0 Å². The zero-order valence-electron chi connectivity index (χ0n) is 11.3. The maximum atomic E-state index is 11.2. The van der Waals surface area contributed by atoms with E-state index in [1.54, 1.807) is 31.1 Å². The summed E-state index contributed by atoms with van der Waals surface area (Å²) in [4.78, 5) is 21.7. The Morgan fingerprint density at radius 1 is 1.50 bits per heavy atom.